The molecule has 2 unspecified atom stereocenters. The first-order chi connectivity index (χ1) is 9.27. The molecule has 6 heteroatoms. The predicted octanol–water partition coefficient (Wildman–Crippen LogP) is 3.28. The van der Waals surface area contributed by atoms with Crippen LogP contribution in [0.25, 0.3) is 0 Å². The molecule has 0 aliphatic rings. The van der Waals surface area contributed by atoms with Gasteiger partial charge in [-0.15, -0.1) is 0 Å². The van der Waals surface area contributed by atoms with Crippen molar-refractivity contribution in [1.29, 1.82) is 5.26 Å². The van der Waals surface area contributed by atoms with Gasteiger partial charge in [-0.25, -0.2) is 0 Å². The largest absolute Gasteiger partial charge is 0.475 e. The lowest BCUT2D eigenvalue weighted by molar-refractivity contribution is -0.139. The van der Waals surface area contributed by atoms with E-state index in [1.807, 2.05) is 6.92 Å². The van der Waals surface area contributed by atoms with Crippen molar-refractivity contribution < 1.29 is 17.9 Å². The summed E-state index contributed by atoms with van der Waals surface area (Å²) in [6.07, 6.45) is -4.42. The van der Waals surface area contributed by atoms with Crippen molar-refractivity contribution >= 4 is 0 Å². The quantitative estimate of drug-likeness (QED) is 0.903. The Balaban J connectivity index is 3.11. The van der Waals surface area contributed by atoms with Crippen LogP contribution in [0.5, 0.6) is 5.75 Å². The minimum Gasteiger partial charge on any atom is -0.475 e. The second-order valence-electron chi connectivity index (χ2n) is 4.59. The molecule has 0 spiro atoms. The number of nitriles is 1. The molecule has 0 bridgehead atoms. The van der Waals surface area contributed by atoms with Crippen LogP contribution < -0.4 is 10.5 Å². The Morgan fingerprint density at radius 2 is 2.05 bits per heavy atom. The van der Waals surface area contributed by atoms with E-state index in [1.54, 1.807) is 12.1 Å². The maximum Gasteiger partial charge on any atom is 0.419 e. The minimum absolute atomic E-state index is 0.180. The first kappa shape index (κ1) is 16.3. The highest BCUT2D eigenvalue weighted by atomic mass is 19.4. The summed E-state index contributed by atoms with van der Waals surface area (Å²) in [5.74, 6) is -0.333. The zero-order valence-electron chi connectivity index (χ0n) is 11.4. The lowest BCUT2D eigenvalue weighted by atomic mass is 10.0. The fraction of sp³-hybridized carbons (Fsp3) is 0.500. The fourth-order valence-electron chi connectivity index (χ4n) is 1.69. The second-order valence-corrected chi connectivity index (χ2v) is 4.59. The highest BCUT2D eigenvalue weighted by molar-refractivity contribution is 5.40. The van der Waals surface area contributed by atoms with Crippen molar-refractivity contribution in [2.45, 2.75) is 45.0 Å². The third-order valence-electron chi connectivity index (χ3n) is 2.86. The second kappa shape index (κ2) is 6.62. The molecule has 2 N–H and O–H groups in total. The van der Waals surface area contributed by atoms with Crippen molar-refractivity contribution in [3.63, 3.8) is 0 Å². The number of nitrogens with two attached hydrogens (primary N) is 1. The molecule has 0 saturated heterocycles. The van der Waals surface area contributed by atoms with Crippen molar-refractivity contribution in [3.05, 3.63) is 29.3 Å². The number of nitrogens with zero attached hydrogens (tertiary/aromatic N) is 1. The molecule has 0 radical (unpaired) electrons. The molecule has 1 aromatic rings. The summed E-state index contributed by atoms with van der Waals surface area (Å²) >= 11 is 0. The number of ether oxygens (including phenoxy) is 1. The van der Waals surface area contributed by atoms with Gasteiger partial charge in [0.25, 0.3) is 0 Å². The number of benzene rings is 1. The van der Waals surface area contributed by atoms with Crippen LogP contribution in [0.4, 0.5) is 13.2 Å². The molecule has 20 heavy (non-hydrogen) atoms. The zero-order valence-corrected chi connectivity index (χ0v) is 11.4. The van der Waals surface area contributed by atoms with E-state index in [0.717, 1.165) is 6.07 Å². The number of hydrogen-bond donors (Lipinski definition) is 1. The van der Waals surface area contributed by atoms with E-state index in [-0.39, 0.29) is 11.8 Å². The summed E-state index contributed by atoms with van der Waals surface area (Å²) in [6, 6.07) is 5.39. The lowest BCUT2D eigenvalue weighted by Gasteiger charge is -2.17. The van der Waals surface area contributed by atoms with E-state index in [2.05, 4.69) is 0 Å². The highest BCUT2D eigenvalue weighted by Gasteiger charge is 2.35. The molecular formula is C14H17F3N2O. The topological polar surface area (TPSA) is 59.0 Å². The molecule has 0 heterocycles. The Morgan fingerprint density at radius 3 is 2.55 bits per heavy atom. The normalized spacial score (nSPS) is 14.4. The van der Waals surface area contributed by atoms with Crippen LogP contribution in [0.2, 0.25) is 0 Å². The van der Waals surface area contributed by atoms with Crippen LogP contribution in [-0.2, 0) is 12.6 Å². The van der Waals surface area contributed by atoms with Gasteiger partial charge in [-0.3, -0.25) is 0 Å². The Bertz CT molecular complexity index is 494. The lowest BCUT2D eigenvalue weighted by Crippen LogP contribution is -2.22. The van der Waals surface area contributed by atoms with E-state index in [0.29, 0.717) is 18.4 Å². The molecule has 1 aromatic carbocycles. The minimum atomic E-state index is -4.53. The molecule has 0 aliphatic carbocycles. The van der Waals surface area contributed by atoms with Crippen LogP contribution in [0.15, 0.2) is 18.2 Å². The molecule has 0 aromatic heterocycles. The SMILES string of the molecule is CCC(N)Cc1ccc(OC(C)C#N)c(C(F)(F)F)c1. The Kier molecular flexibility index (Phi) is 5.40. The molecule has 3 nitrogen and oxygen atoms in total. The van der Waals surface area contributed by atoms with E-state index >= 15 is 0 Å². The van der Waals surface area contributed by atoms with Gasteiger partial charge in [0.1, 0.15) is 11.8 Å². The van der Waals surface area contributed by atoms with Gasteiger partial charge >= 0.3 is 6.18 Å². The summed E-state index contributed by atoms with van der Waals surface area (Å²) in [5, 5.41) is 8.62. The third-order valence-corrected chi connectivity index (χ3v) is 2.86. The molecule has 0 fully saturated rings. The molecule has 0 amide bonds. The number of hydrogen-bond acceptors (Lipinski definition) is 3. The average molecular weight is 286 g/mol. The van der Waals surface area contributed by atoms with Gasteiger partial charge in [0.05, 0.1) is 5.56 Å². The maximum atomic E-state index is 13.0. The summed E-state index contributed by atoms with van der Waals surface area (Å²) < 4.78 is 44.0. The number of alkyl halides is 3. The Hall–Kier alpha value is -1.74. The van der Waals surface area contributed by atoms with Crippen molar-refractivity contribution in [3.8, 4) is 11.8 Å². The van der Waals surface area contributed by atoms with Gasteiger partial charge in [0.15, 0.2) is 6.10 Å². The summed E-state index contributed by atoms with van der Waals surface area (Å²) in [7, 11) is 0. The monoisotopic (exact) mass is 286 g/mol. The summed E-state index contributed by atoms with van der Waals surface area (Å²) in [4.78, 5) is 0. The molecule has 2 atom stereocenters. The molecule has 1 rings (SSSR count). The molecule has 0 saturated carbocycles. The molecule has 0 aliphatic heterocycles. The van der Waals surface area contributed by atoms with Gasteiger partial charge < -0.3 is 10.5 Å². The van der Waals surface area contributed by atoms with Crippen molar-refractivity contribution in [2.75, 3.05) is 0 Å². The van der Waals surface area contributed by atoms with Gasteiger partial charge in [0, 0.05) is 6.04 Å². The number of rotatable bonds is 5. The first-order valence-electron chi connectivity index (χ1n) is 6.29. The average Bonchev–Trinajstić information content (AvgIpc) is 2.38. The maximum absolute atomic E-state index is 13.0. The summed E-state index contributed by atoms with van der Waals surface area (Å²) in [5.41, 5.74) is 5.38. The van der Waals surface area contributed by atoms with Crippen LogP contribution in [0, 0.1) is 11.3 Å². The first-order valence-corrected chi connectivity index (χ1v) is 6.29. The Labute approximate surface area is 116 Å². The van der Waals surface area contributed by atoms with Crippen LogP contribution in [0.3, 0.4) is 0 Å². The molecule has 110 valence electrons. The standard InChI is InChI=1S/C14H17F3N2O/c1-3-11(19)6-10-4-5-13(20-9(2)8-18)12(7-10)14(15,16)17/h4-5,7,9,11H,3,6,19H2,1-2H3. The van der Waals surface area contributed by atoms with Crippen molar-refractivity contribution in [1.82, 2.24) is 0 Å². The van der Waals surface area contributed by atoms with Crippen molar-refractivity contribution in [2.24, 2.45) is 5.73 Å². The van der Waals surface area contributed by atoms with E-state index in [9.17, 15) is 13.2 Å². The van der Waals surface area contributed by atoms with E-state index in [4.69, 9.17) is 15.7 Å². The van der Waals surface area contributed by atoms with Crippen LogP contribution in [-0.4, -0.2) is 12.1 Å². The van der Waals surface area contributed by atoms with Gasteiger partial charge in [-0.1, -0.05) is 13.0 Å². The van der Waals surface area contributed by atoms with Crippen LogP contribution in [0.1, 0.15) is 31.4 Å². The highest BCUT2D eigenvalue weighted by Crippen LogP contribution is 2.37. The van der Waals surface area contributed by atoms with E-state index < -0.39 is 17.8 Å². The van der Waals surface area contributed by atoms with Gasteiger partial charge in [-0.05, 0) is 37.5 Å². The third kappa shape index (κ3) is 4.42. The fourth-order valence-corrected chi connectivity index (χ4v) is 1.69. The van der Waals surface area contributed by atoms with E-state index in [1.165, 1.54) is 13.0 Å². The Morgan fingerprint density at radius 1 is 1.40 bits per heavy atom. The van der Waals surface area contributed by atoms with Gasteiger partial charge in [-0.2, -0.15) is 18.4 Å². The summed E-state index contributed by atoms with van der Waals surface area (Å²) in [6.45, 7) is 3.27. The van der Waals surface area contributed by atoms with Gasteiger partial charge in [0.2, 0.25) is 0 Å². The van der Waals surface area contributed by atoms with Crippen LogP contribution >= 0.6 is 0 Å². The molecular weight excluding hydrogens is 269 g/mol. The number of halogens is 3. The zero-order chi connectivity index (χ0) is 15.3. The smallest absolute Gasteiger partial charge is 0.419 e. The predicted molar refractivity (Wildman–Crippen MR) is 69.1 cm³/mol.